The molecule has 0 amide bonds. The van der Waals surface area contributed by atoms with Gasteiger partial charge in [0.1, 0.15) is 5.60 Å². The molecular formula is C25H22Cl2N2O3S. The number of hydrogen-bond donors (Lipinski definition) is 1. The van der Waals surface area contributed by atoms with Crippen LogP contribution >= 0.6 is 23.2 Å². The van der Waals surface area contributed by atoms with Crippen molar-refractivity contribution in [3.8, 4) is 28.1 Å². The van der Waals surface area contributed by atoms with Crippen molar-refractivity contribution in [3.05, 3.63) is 88.5 Å². The molecule has 0 aliphatic heterocycles. The Labute approximate surface area is 203 Å². The van der Waals surface area contributed by atoms with Crippen LogP contribution in [0.15, 0.2) is 77.7 Å². The van der Waals surface area contributed by atoms with Crippen LogP contribution in [0.4, 0.5) is 0 Å². The van der Waals surface area contributed by atoms with E-state index in [4.69, 9.17) is 23.2 Å². The van der Waals surface area contributed by atoms with Crippen LogP contribution in [0.2, 0.25) is 10.0 Å². The molecule has 0 radical (unpaired) electrons. The fraction of sp³-hybridized carbons (Fsp3) is 0.160. The van der Waals surface area contributed by atoms with Crippen molar-refractivity contribution in [2.75, 3.05) is 6.26 Å². The molecule has 3 aromatic carbocycles. The van der Waals surface area contributed by atoms with Gasteiger partial charge in [-0.05, 0) is 61.4 Å². The number of aliphatic hydroxyl groups is 1. The summed E-state index contributed by atoms with van der Waals surface area (Å²) >= 11 is 13.1. The molecule has 0 saturated carbocycles. The molecule has 0 spiro atoms. The highest BCUT2D eigenvalue weighted by molar-refractivity contribution is 7.90. The predicted octanol–water partition coefficient (Wildman–Crippen LogP) is 6.14. The van der Waals surface area contributed by atoms with E-state index in [2.05, 4.69) is 5.10 Å². The fourth-order valence-corrected chi connectivity index (χ4v) is 4.65. The Kier molecular flexibility index (Phi) is 6.14. The van der Waals surface area contributed by atoms with Gasteiger partial charge < -0.3 is 5.11 Å². The van der Waals surface area contributed by atoms with E-state index in [-0.39, 0.29) is 4.90 Å². The number of hydrogen-bond acceptors (Lipinski definition) is 4. The Bertz CT molecular complexity index is 1450. The van der Waals surface area contributed by atoms with Crippen molar-refractivity contribution in [1.29, 1.82) is 0 Å². The summed E-state index contributed by atoms with van der Waals surface area (Å²) in [4.78, 5) is 0.239. The van der Waals surface area contributed by atoms with E-state index in [0.717, 1.165) is 16.7 Å². The van der Waals surface area contributed by atoms with Gasteiger partial charge in [0, 0.05) is 16.8 Å². The molecule has 0 aliphatic rings. The average molecular weight is 501 g/mol. The molecule has 1 N–H and O–H groups in total. The van der Waals surface area contributed by atoms with Crippen LogP contribution in [0.1, 0.15) is 19.5 Å². The van der Waals surface area contributed by atoms with Gasteiger partial charge in [0.15, 0.2) is 9.84 Å². The van der Waals surface area contributed by atoms with Crippen molar-refractivity contribution in [2.24, 2.45) is 0 Å². The summed E-state index contributed by atoms with van der Waals surface area (Å²) in [7, 11) is -3.33. The van der Waals surface area contributed by atoms with E-state index in [0.29, 0.717) is 27.1 Å². The van der Waals surface area contributed by atoms with Crippen LogP contribution in [-0.4, -0.2) is 29.6 Å². The molecule has 4 aromatic rings. The van der Waals surface area contributed by atoms with Gasteiger partial charge in [-0.1, -0.05) is 59.6 Å². The van der Waals surface area contributed by atoms with Crippen molar-refractivity contribution in [3.63, 3.8) is 0 Å². The first-order valence-corrected chi connectivity index (χ1v) is 12.8. The highest BCUT2D eigenvalue weighted by Gasteiger charge is 2.24. The summed E-state index contributed by atoms with van der Waals surface area (Å²) in [5, 5.41) is 16.1. The topological polar surface area (TPSA) is 72.2 Å². The Morgan fingerprint density at radius 3 is 2.21 bits per heavy atom. The highest BCUT2D eigenvalue weighted by atomic mass is 35.5. The maximum atomic E-state index is 11.9. The van der Waals surface area contributed by atoms with Crippen LogP contribution in [0.25, 0.3) is 28.1 Å². The number of benzene rings is 3. The van der Waals surface area contributed by atoms with Gasteiger partial charge in [0.2, 0.25) is 0 Å². The minimum Gasteiger partial charge on any atom is -0.384 e. The molecule has 0 aliphatic carbocycles. The number of rotatable bonds is 5. The van der Waals surface area contributed by atoms with Crippen LogP contribution in [-0.2, 0) is 15.4 Å². The summed E-state index contributed by atoms with van der Waals surface area (Å²) in [6.45, 7) is 3.32. The molecule has 4 rings (SSSR count). The quantitative estimate of drug-likeness (QED) is 0.356. The molecule has 1 aromatic heterocycles. The maximum Gasteiger partial charge on any atom is 0.175 e. The molecule has 1 heterocycles. The van der Waals surface area contributed by atoms with E-state index in [1.54, 1.807) is 54.9 Å². The number of sulfone groups is 1. The third-order valence-corrected chi connectivity index (χ3v) is 7.00. The third kappa shape index (κ3) is 4.84. The summed E-state index contributed by atoms with van der Waals surface area (Å²) in [5.74, 6) is 0. The second-order valence-electron chi connectivity index (χ2n) is 8.33. The van der Waals surface area contributed by atoms with E-state index < -0.39 is 15.4 Å². The minimum atomic E-state index is -3.33. The molecule has 0 fully saturated rings. The third-order valence-electron chi connectivity index (χ3n) is 5.26. The minimum absolute atomic E-state index is 0.239. The van der Waals surface area contributed by atoms with Gasteiger partial charge >= 0.3 is 0 Å². The Morgan fingerprint density at radius 1 is 0.879 bits per heavy atom. The van der Waals surface area contributed by atoms with E-state index in [1.165, 1.54) is 6.26 Å². The van der Waals surface area contributed by atoms with E-state index in [1.807, 2.05) is 36.4 Å². The molecule has 0 saturated heterocycles. The Balaban J connectivity index is 1.86. The van der Waals surface area contributed by atoms with Gasteiger partial charge in [0.25, 0.3) is 0 Å². The first-order valence-electron chi connectivity index (χ1n) is 10.1. The first kappa shape index (κ1) is 23.5. The second kappa shape index (κ2) is 8.61. The van der Waals surface area contributed by atoms with Gasteiger partial charge in [-0.15, -0.1) is 0 Å². The SMILES string of the molecule is CC(C)(O)c1cc(-c2ccccc2Cl)n(-c2ccc(-c3cccc(S(C)(=O)=O)c3)cc2Cl)n1. The molecular weight excluding hydrogens is 479 g/mol. The number of halogens is 2. The lowest BCUT2D eigenvalue weighted by Crippen LogP contribution is -2.16. The molecule has 0 bridgehead atoms. The van der Waals surface area contributed by atoms with E-state index in [9.17, 15) is 13.5 Å². The summed E-state index contributed by atoms with van der Waals surface area (Å²) in [6, 6.07) is 21.3. The van der Waals surface area contributed by atoms with Crippen LogP contribution in [0.3, 0.4) is 0 Å². The van der Waals surface area contributed by atoms with Crippen molar-refractivity contribution < 1.29 is 13.5 Å². The number of aromatic nitrogens is 2. The average Bonchev–Trinajstić information content (AvgIpc) is 3.19. The van der Waals surface area contributed by atoms with Crippen LogP contribution < -0.4 is 0 Å². The zero-order valence-corrected chi connectivity index (χ0v) is 20.6. The smallest absolute Gasteiger partial charge is 0.175 e. The molecule has 33 heavy (non-hydrogen) atoms. The largest absolute Gasteiger partial charge is 0.384 e. The molecule has 0 atom stereocenters. The predicted molar refractivity (Wildman–Crippen MR) is 133 cm³/mol. The van der Waals surface area contributed by atoms with Crippen LogP contribution in [0.5, 0.6) is 0 Å². The highest BCUT2D eigenvalue weighted by Crippen LogP contribution is 2.36. The molecule has 170 valence electrons. The second-order valence-corrected chi connectivity index (χ2v) is 11.2. The summed E-state index contributed by atoms with van der Waals surface area (Å²) in [5.41, 5.74) is 2.84. The number of nitrogens with zero attached hydrogens (tertiary/aromatic N) is 2. The van der Waals surface area contributed by atoms with Gasteiger partial charge in [-0.25, -0.2) is 13.1 Å². The lowest BCUT2D eigenvalue weighted by Gasteiger charge is -2.14. The monoisotopic (exact) mass is 500 g/mol. The van der Waals surface area contributed by atoms with Crippen LogP contribution in [0, 0.1) is 0 Å². The van der Waals surface area contributed by atoms with Gasteiger partial charge in [-0.2, -0.15) is 5.10 Å². The zero-order chi connectivity index (χ0) is 24.0. The standard InChI is InChI=1S/C25H22Cl2N2O3S/c1-25(2,30)24-15-23(19-9-4-5-10-20(19)26)29(28-24)22-12-11-17(14-21(22)27)16-7-6-8-18(13-16)33(3,31)32/h4-15,30H,1-3H3. The summed E-state index contributed by atoms with van der Waals surface area (Å²) in [6.07, 6.45) is 1.18. The molecule has 0 unspecified atom stereocenters. The Morgan fingerprint density at radius 2 is 1.58 bits per heavy atom. The molecule has 5 nitrogen and oxygen atoms in total. The molecule has 8 heteroatoms. The van der Waals surface area contributed by atoms with Gasteiger partial charge in [0.05, 0.1) is 27.0 Å². The Hall–Kier alpha value is -2.64. The first-order chi connectivity index (χ1) is 15.4. The van der Waals surface area contributed by atoms with Crippen molar-refractivity contribution in [2.45, 2.75) is 24.3 Å². The zero-order valence-electron chi connectivity index (χ0n) is 18.3. The summed E-state index contributed by atoms with van der Waals surface area (Å²) < 4.78 is 25.5. The van der Waals surface area contributed by atoms with E-state index >= 15 is 0 Å². The lowest BCUT2D eigenvalue weighted by atomic mass is 10.0. The normalized spacial score (nSPS) is 12.2. The maximum absolute atomic E-state index is 11.9. The fourth-order valence-electron chi connectivity index (χ4n) is 3.49. The lowest BCUT2D eigenvalue weighted by molar-refractivity contribution is 0.0734. The van der Waals surface area contributed by atoms with Gasteiger partial charge in [-0.3, -0.25) is 0 Å². The van der Waals surface area contributed by atoms with Crippen molar-refractivity contribution in [1.82, 2.24) is 9.78 Å². The van der Waals surface area contributed by atoms with Crippen molar-refractivity contribution >= 4 is 33.0 Å².